The molecule has 1 aliphatic rings. The molecule has 5 rings (SSSR count). The summed E-state index contributed by atoms with van der Waals surface area (Å²) in [5, 5.41) is 3.58. The third-order valence-electron chi connectivity index (χ3n) is 3.97. The molecule has 4 nitrogen and oxygen atoms in total. The van der Waals surface area contributed by atoms with Crippen LogP contribution in [0.2, 0.25) is 0 Å². The lowest BCUT2D eigenvalue weighted by atomic mass is 10.0. The monoisotopic (exact) mass is 263 g/mol. The van der Waals surface area contributed by atoms with E-state index in [1.165, 1.54) is 0 Å². The highest BCUT2D eigenvalue weighted by atomic mass is 16.7. The summed E-state index contributed by atoms with van der Waals surface area (Å²) < 4.78 is 12.7. The zero-order valence-electron chi connectivity index (χ0n) is 10.4. The first-order valence-corrected chi connectivity index (χ1v) is 6.42. The maximum Gasteiger partial charge on any atom is 0.263 e. The Morgan fingerprint density at radius 2 is 1.95 bits per heavy atom. The molecule has 2 aromatic carbocycles. The van der Waals surface area contributed by atoms with E-state index >= 15 is 0 Å². The van der Waals surface area contributed by atoms with E-state index in [9.17, 15) is 4.79 Å². The van der Waals surface area contributed by atoms with E-state index in [4.69, 9.17) is 9.47 Å². The first kappa shape index (κ1) is 10.1. The second-order valence-electron chi connectivity index (χ2n) is 4.96. The van der Waals surface area contributed by atoms with Crippen molar-refractivity contribution >= 4 is 27.1 Å². The van der Waals surface area contributed by atoms with Crippen LogP contribution in [-0.2, 0) is 0 Å². The molecule has 0 atom stereocenters. The van der Waals surface area contributed by atoms with Gasteiger partial charge in [0.25, 0.3) is 5.56 Å². The first-order chi connectivity index (χ1) is 9.84. The predicted molar refractivity (Wildman–Crippen MR) is 76.0 cm³/mol. The Bertz CT molecular complexity index is 1050. The van der Waals surface area contributed by atoms with Crippen LogP contribution in [0, 0.1) is 0 Å². The van der Waals surface area contributed by atoms with Gasteiger partial charge in [0.2, 0.25) is 6.79 Å². The minimum absolute atomic E-state index is 0.0213. The minimum atomic E-state index is -0.0213. The highest BCUT2D eigenvalue weighted by Crippen LogP contribution is 2.41. The molecule has 96 valence electrons. The number of hydrogen-bond donors (Lipinski definition) is 0. The van der Waals surface area contributed by atoms with Gasteiger partial charge in [-0.05, 0) is 18.2 Å². The Hall–Kier alpha value is -2.75. The van der Waals surface area contributed by atoms with Crippen molar-refractivity contribution in [2.45, 2.75) is 0 Å². The van der Waals surface area contributed by atoms with Gasteiger partial charge in [-0.2, -0.15) is 0 Å². The third kappa shape index (κ3) is 1.01. The lowest BCUT2D eigenvalue weighted by Gasteiger charge is -2.08. The molecular weight excluding hydrogens is 254 g/mol. The highest BCUT2D eigenvalue weighted by molar-refractivity contribution is 6.14. The van der Waals surface area contributed by atoms with Crippen LogP contribution in [0.3, 0.4) is 0 Å². The molecule has 0 aliphatic carbocycles. The Kier molecular flexibility index (Phi) is 1.62. The molecule has 0 bridgehead atoms. The van der Waals surface area contributed by atoms with Gasteiger partial charge in [-0.15, -0.1) is 0 Å². The molecule has 0 spiro atoms. The van der Waals surface area contributed by atoms with Gasteiger partial charge < -0.3 is 9.47 Å². The van der Waals surface area contributed by atoms with Crippen LogP contribution < -0.4 is 15.0 Å². The lowest BCUT2D eigenvalue weighted by molar-refractivity contribution is 0.175. The topological polar surface area (TPSA) is 39.9 Å². The van der Waals surface area contributed by atoms with Gasteiger partial charge in [0.1, 0.15) is 0 Å². The first-order valence-electron chi connectivity index (χ1n) is 6.42. The third-order valence-corrected chi connectivity index (χ3v) is 3.97. The lowest BCUT2D eigenvalue weighted by Crippen LogP contribution is -2.12. The summed E-state index contributed by atoms with van der Waals surface area (Å²) in [6, 6.07) is 11.6. The Morgan fingerprint density at radius 1 is 1.00 bits per heavy atom. The molecule has 2 aromatic heterocycles. The summed E-state index contributed by atoms with van der Waals surface area (Å²) in [7, 11) is 0. The number of para-hydroxylation sites is 1. The average molecular weight is 263 g/mol. The average Bonchev–Trinajstić information content (AvgIpc) is 3.11. The van der Waals surface area contributed by atoms with Crippen LogP contribution in [0.5, 0.6) is 11.5 Å². The van der Waals surface area contributed by atoms with Gasteiger partial charge in [-0.1, -0.05) is 18.2 Å². The number of hydrogen-bond acceptors (Lipinski definition) is 3. The quantitative estimate of drug-likeness (QED) is 0.458. The number of rotatable bonds is 0. The second kappa shape index (κ2) is 3.22. The van der Waals surface area contributed by atoms with Crippen LogP contribution in [0.1, 0.15) is 0 Å². The SMILES string of the molecule is O=c1c2ccc3c(c2c2cccc4ccn1c42)OCO3. The van der Waals surface area contributed by atoms with Crippen molar-refractivity contribution in [3.05, 3.63) is 52.9 Å². The summed E-state index contributed by atoms with van der Waals surface area (Å²) in [5.74, 6) is 1.38. The van der Waals surface area contributed by atoms with Crippen molar-refractivity contribution in [3.8, 4) is 11.5 Å². The van der Waals surface area contributed by atoms with Crippen molar-refractivity contribution in [2.75, 3.05) is 6.79 Å². The van der Waals surface area contributed by atoms with Crippen molar-refractivity contribution in [1.29, 1.82) is 0 Å². The summed E-state index contributed by atoms with van der Waals surface area (Å²) in [6.45, 7) is 0.205. The maximum absolute atomic E-state index is 12.6. The molecule has 0 saturated carbocycles. The van der Waals surface area contributed by atoms with Crippen molar-refractivity contribution in [2.24, 2.45) is 0 Å². The summed E-state index contributed by atoms with van der Waals surface area (Å²) in [4.78, 5) is 12.6. The van der Waals surface area contributed by atoms with Crippen LogP contribution in [-0.4, -0.2) is 11.2 Å². The molecule has 4 heteroatoms. The number of aromatic nitrogens is 1. The van der Waals surface area contributed by atoms with Crippen molar-refractivity contribution in [1.82, 2.24) is 4.40 Å². The van der Waals surface area contributed by atoms with E-state index in [0.29, 0.717) is 16.9 Å². The Balaban J connectivity index is 2.21. The number of nitrogens with zero attached hydrogens (tertiary/aromatic N) is 1. The molecule has 20 heavy (non-hydrogen) atoms. The van der Waals surface area contributed by atoms with Gasteiger partial charge in [0.05, 0.1) is 10.9 Å². The molecule has 0 N–H and O–H groups in total. The van der Waals surface area contributed by atoms with Crippen LogP contribution in [0.25, 0.3) is 27.1 Å². The molecule has 4 aromatic rings. The molecule has 0 saturated heterocycles. The molecular formula is C16H9NO3. The van der Waals surface area contributed by atoms with Gasteiger partial charge >= 0.3 is 0 Å². The van der Waals surface area contributed by atoms with Crippen molar-refractivity contribution in [3.63, 3.8) is 0 Å². The molecule has 3 heterocycles. The largest absolute Gasteiger partial charge is 0.454 e. The molecule has 0 radical (unpaired) electrons. The van der Waals surface area contributed by atoms with Crippen LogP contribution in [0.15, 0.2) is 47.4 Å². The summed E-state index contributed by atoms with van der Waals surface area (Å²) in [6.07, 6.45) is 1.82. The molecule has 0 fully saturated rings. The fourth-order valence-electron chi connectivity index (χ4n) is 3.11. The van der Waals surface area contributed by atoms with E-state index in [1.54, 1.807) is 10.5 Å². The predicted octanol–water partition coefficient (Wildman–Crippen LogP) is 2.77. The highest BCUT2D eigenvalue weighted by Gasteiger charge is 2.21. The molecule has 0 unspecified atom stereocenters. The van der Waals surface area contributed by atoms with E-state index < -0.39 is 0 Å². The van der Waals surface area contributed by atoms with Gasteiger partial charge in [-0.25, -0.2) is 0 Å². The zero-order chi connectivity index (χ0) is 13.3. The summed E-state index contributed by atoms with van der Waals surface area (Å²) in [5.41, 5.74) is 0.918. The Labute approximate surface area is 113 Å². The summed E-state index contributed by atoms with van der Waals surface area (Å²) >= 11 is 0. The van der Waals surface area contributed by atoms with Crippen molar-refractivity contribution < 1.29 is 9.47 Å². The van der Waals surface area contributed by atoms with Gasteiger partial charge in [0.15, 0.2) is 11.5 Å². The standard InChI is InChI=1S/C16H9NO3/c18-16-11-4-5-12-15(20-8-19-12)13(11)10-3-1-2-9-6-7-17(16)14(9)10/h1-7H,8H2. The van der Waals surface area contributed by atoms with E-state index in [2.05, 4.69) is 0 Å². The zero-order valence-corrected chi connectivity index (χ0v) is 10.4. The fraction of sp³-hybridized carbons (Fsp3) is 0.0625. The number of benzene rings is 2. The number of ether oxygens (including phenoxy) is 2. The van der Waals surface area contributed by atoms with Crippen LogP contribution in [0.4, 0.5) is 0 Å². The minimum Gasteiger partial charge on any atom is -0.454 e. The molecule has 1 aliphatic heterocycles. The van der Waals surface area contributed by atoms with Crippen LogP contribution >= 0.6 is 0 Å². The van der Waals surface area contributed by atoms with E-state index in [0.717, 1.165) is 21.7 Å². The number of fused-ring (bicyclic) bond motifs is 4. The second-order valence-corrected chi connectivity index (χ2v) is 4.96. The Morgan fingerprint density at radius 3 is 2.90 bits per heavy atom. The number of pyridine rings is 1. The van der Waals surface area contributed by atoms with Gasteiger partial charge in [0, 0.05) is 22.4 Å². The molecule has 0 amide bonds. The maximum atomic E-state index is 12.6. The van der Waals surface area contributed by atoms with E-state index in [-0.39, 0.29) is 12.4 Å². The normalized spacial score (nSPS) is 13.8. The smallest absolute Gasteiger partial charge is 0.263 e. The van der Waals surface area contributed by atoms with E-state index in [1.807, 2.05) is 36.5 Å². The van der Waals surface area contributed by atoms with Gasteiger partial charge in [-0.3, -0.25) is 9.20 Å². The fourth-order valence-corrected chi connectivity index (χ4v) is 3.11.